The van der Waals surface area contributed by atoms with Gasteiger partial charge in [0.2, 0.25) is 0 Å². The molecule has 1 heterocycles. The molecular weight excluding hydrogens is 186 g/mol. The summed E-state index contributed by atoms with van der Waals surface area (Å²) in [4.78, 5) is 0. The van der Waals surface area contributed by atoms with Crippen LogP contribution >= 0.6 is 0 Å². The lowest BCUT2D eigenvalue weighted by atomic mass is 9.91. The summed E-state index contributed by atoms with van der Waals surface area (Å²) < 4.78 is 1.85. The quantitative estimate of drug-likeness (QED) is 0.822. The molecule has 2 atom stereocenters. The Balaban J connectivity index is 2.00. The van der Waals surface area contributed by atoms with Gasteiger partial charge in [-0.25, -0.2) is 0 Å². The van der Waals surface area contributed by atoms with Crippen molar-refractivity contribution in [2.75, 3.05) is 0 Å². The van der Waals surface area contributed by atoms with Crippen LogP contribution in [0.5, 0.6) is 0 Å². The molecule has 2 N–H and O–H groups in total. The van der Waals surface area contributed by atoms with E-state index in [1.54, 1.807) is 0 Å². The summed E-state index contributed by atoms with van der Waals surface area (Å²) in [5.74, 6) is 0.832. The van der Waals surface area contributed by atoms with Gasteiger partial charge >= 0.3 is 0 Å². The largest absolute Gasteiger partial charge is 0.325 e. The molecule has 1 aromatic heterocycles. The van der Waals surface area contributed by atoms with E-state index in [4.69, 9.17) is 5.73 Å². The average Bonchev–Trinajstić information content (AvgIpc) is 2.74. The van der Waals surface area contributed by atoms with E-state index in [0.717, 1.165) is 24.5 Å². The van der Waals surface area contributed by atoms with Gasteiger partial charge in [0.05, 0.1) is 5.69 Å². The van der Waals surface area contributed by atoms with Crippen LogP contribution in [-0.2, 0) is 13.5 Å². The lowest BCUT2D eigenvalue weighted by molar-refractivity contribution is 0.402. The van der Waals surface area contributed by atoms with Gasteiger partial charge < -0.3 is 5.73 Å². The molecule has 2 unspecified atom stereocenters. The van der Waals surface area contributed by atoms with Crippen molar-refractivity contribution in [1.29, 1.82) is 0 Å². The highest BCUT2D eigenvalue weighted by Crippen LogP contribution is 2.36. The number of nitrogens with two attached hydrogens (primary N) is 1. The SMILES string of the molecule is CCC1CCC(N)(Cc2ccn(C)n2)C1. The number of aryl methyl sites for hydroxylation is 1. The van der Waals surface area contributed by atoms with Crippen LogP contribution in [0.4, 0.5) is 0 Å². The Bertz CT molecular complexity index is 331. The Morgan fingerprint density at radius 1 is 1.67 bits per heavy atom. The van der Waals surface area contributed by atoms with Crippen molar-refractivity contribution < 1.29 is 0 Å². The zero-order chi connectivity index (χ0) is 10.9. The second kappa shape index (κ2) is 3.97. The smallest absolute Gasteiger partial charge is 0.0642 e. The van der Waals surface area contributed by atoms with Gasteiger partial charge in [-0.1, -0.05) is 13.3 Å². The number of hydrogen-bond donors (Lipinski definition) is 1. The van der Waals surface area contributed by atoms with Gasteiger partial charge in [0.25, 0.3) is 0 Å². The maximum Gasteiger partial charge on any atom is 0.0642 e. The minimum Gasteiger partial charge on any atom is -0.325 e. The molecule has 0 saturated heterocycles. The van der Waals surface area contributed by atoms with Crippen molar-refractivity contribution >= 4 is 0 Å². The fourth-order valence-corrected chi connectivity index (χ4v) is 2.70. The van der Waals surface area contributed by atoms with Gasteiger partial charge in [-0.3, -0.25) is 4.68 Å². The number of aromatic nitrogens is 2. The Labute approximate surface area is 91.7 Å². The minimum atomic E-state index is 0.00896. The first-order valence-electron chi connectivity index (χ1n) is 5.89. The molecule has 0 aromatic carbocycles. The average molecular weight is 207 g/mol. The summed E-state index contributed by atoms with van der Waals surface area (Å²) in [6.45, 7) is 2.26. The summed E-state index contributed by atoms with van der Waals surface area (Å²) in [5.41, 5.74) is 7.56. The van der Waals surface area contributed by atoms with E-state index in [1.165, 1.54) is 19.3 Å². The number of rotatable bonds is 3. The summed E-state index contributed by atoms with van der Waals surface area (Å²) in [6, 6.07) is 2.08. The molecule has 1 aliphatic carbocycles. The molecule has 0 spiro atoms. The molecule has 1 aromatic rings. The fraction of sp³-hybridized carbons (Fsp3) is 0.750. The third kappa shape index (κ3) is 2.40. The van der Waals surface area contributed by atoms with Crippen LogP contribution < -0.4 is 5.73 Å². The Morgan fingerprint density at radius 2 is 2.47 bits per heavy atom. The molecular formula is C12H21N3. The van der Waals surface area contributed by atoms with E-state index in [-0.39, 0.29) is 5.54 Å². The fourth-order valence-electron chi connectivity index (χ4n) is 2.70. The van der Waals surface area contributed by atoms with E-state index < -0.39 is 0 Å². The van der Waals surface area contributed by atoms with Crippen LogP contribution in [0.15, 0.2) is 12.3 Å². The minimum absolute atomic E-state index is 0.00896. The summed E-state index contributed by atoms with van der Waals surface area (Å²) >= 11 is 0. The first kappa shape index (κ1) is 10.7. The number of nitrogens with zero attached hydrogens (tertiary/aromatic N) is 2. The zero-order valence-corrected chi connectivity index (χ0v) is 9.74. The van der Waals surface area contributed by atoms with Gasteiger partial charge in [-0.15, -0.1) is 0 Å². The molecule has 0 bridgehead atoms. The lowest BCUT2D eigenvalue weighted by Gasteiger charge is -2.23. The maximum atomic E-state index is 6.42. The number of hydrogen-bond acceptors (Lipinski definition) is 2. The predicted molar refractivity (Wildman–Crippen MR) is 61.5 cm³/mol. The first-order valence-corrected chi connectivity index (χ1v) is 5.89. The first-order chi connectivity index (χ1) is 7.11. The molecule has 84 valence electrons. The second-order valence-corrected chi connectivity index (χ2v) is 5.04. The van der Waals surface area contributed by atoms with E-state index in [1.807, 2.05) is 17.9 Å². The molecule has 1 aliphatic rings. The van der Waals surface area contributed by atoms with Crippen molar-refractivity contribution in [1.82, 2.24) is 9.78 Å². The molecule has 0 aliphatic heterocycles. The molecule has 0 amide bonds. The molecule has 3 heteroatoms. The van der Waals surface area contributed by atoms with Crippen molar-refractivity contribution in [3.05, 3.63) is 18.0 Å². The summed E-state index contributed by atoms with van der Waals surface area (Å²) in [7, 11) is 1.95. The molecule has 3 nitrogen and oxygen atoms in total. The molecule has 2 rings (SSSR count). The van der Waals surface area contributed by atoms with Crippen LogP contribution in [0.3, 0.4) is 0 Å². The van der Waals surface area contributed by atoms with Crippen LogP contribution in [0.25, 0.3) is 0 Å². The highest BCUT2D eigenvalue weighted by Gasteiger charge is 2.35. The van der Waals surface area contributed by atoms with Gasteiger partial charge in [0.15, 0.2) is 0 Å². The molecule has 1 saturated carbocycles. The van der Waals surface area contributed by atoms with Gasteiger partial charge in [-0.2, -0.15) is 5.10 Å². The van der Waals surface area contributed by atoms with Crippen LogP contribution in [0.2, 0.25) is 0 Å². The molecule has 15 heavy (non-hydrogen) atoms. The second-order valence-electron chi connectivity index (χ2n) is 5.04. The third-order valence-electron chi connectivity index (χ3n) is 3.63. The van der Waals surface area contributed by atoms with Gasteiger partial charge in [0.1, 0.15) is 0 Å². The van der Waals surface area contributed by atoms with Crippen LogP contribution in [0, 0.1) is 5.92 Å². The Kier molecular flexibility index (Phi) is 2.83. The van der Waals surface area contributed by atoms with Crippen molar-refractivity contribution in [3.8, 4) is 0 Å². The van der Waals surface area contributed by atoms with Crippen LogP contribution in [-0.4, -0.2) is 15.3 Å². The monoisotopic (exact) mass is 207 g/mol. The normalized spacial score (nSPS) is 31.0. The third-order valence-corrected chi connectivity index (χ3v) is 3.63. The Hall–Kier alpha value is -0.830. The standard InChI is InChI=1S/C12H21N3/c1-3-10-4-6-12(13,8-10)9-11-5-7-15(2)14-11/h5,7,10H,3-4,6,8-9,13H2,1-2H3. The maximum absolute atomic E-state index is 6.42. The van der Waals surface area contributed by atoms with Crippen molar-refractivity contribution in [2.24, 2.45) is 18.7 Å². The van der Waals surface area contributed by atoms with Crippen LogP contribution in [0.1, 0.15) is 38.3 Å². The van der Waals surface area contributed by atoms with Crippen molar-refractivity contribution in [3.63, 3.8) is 0 Å². The summed E-state index contributed by atoms with van der Waals surface area (Å²) in [5, 5.41) is 4.41. The highest BCUT2D eigenvalue weighted by molar-refractivity contribution is 5.07. The van der Waals surface area contributed by atoms with E-state index >= 15 is 0 Å². The predicted octanol–water partition coefficient (Wildman–Crippen LogP) is 1.87. The van der Waals surface area contributed by atoms with Gasteiger partial charge in [0, 0.05) is 25.2 Å². The van der Waals surface area contributed by atoms with E-state index in [9.17, 15) is 0 Å². The molecule has 1 fully saturated rings. The molecule has 0 radical (unpaired) electrons. The zero-order valence-electron chi connectivity index (χ0n) is 9.74. The van der Waals surface area contributed by atoms with E-state index in [0.29, 0.717) is 0 Å². The topological polar surface area (TPSA) is 43.8 Å². The highest BCUT2D eigenvalue weighted by atomic mass is 15.2. The van der Waals surface area contributed by atoms with Crippen molar-refractivity contribution in [2.45, 2.75) is 44.6 Å². The Morgan fingerprint density at radius 3 is 3.00 bits per heavy atom. The lowest BCUT2D eigenvalue weighted by Crippen LogP contribution is -2.39. The van der Waals surface area contributed by atoms with E-state index in [2.05, 4.69) is 18.1 Å². The van der Waals surface area contributed by atoms with Gasteiger partial charge in [-0.05, 0) is 31.2 Å². The summed E-state index contributed by atoms with van der Waals surface area (Å²) in [6.07, 6.45) is 7.80.